The number of likely N-dealkylation sites (N-methyl/N-ethyl adjacent to an activating group) is 1. The highest BCUT2D eigenvalue weighted by atomic mass is 79.9. The molecule has 4 heteroatoms. The summed E-state index contributed by atoms with van der Waals surface area (Å²) in [6.45, 7) is 4.54. The van der Waals surface area contributed by atoms with E-state index in [1.54, 1.807) is 0 Å². The van der Waals surface area contributed by atoms with Crippen molar-refractivity contribution in [1.29, 1.82) is 0 Å². The fourth-order valence-electron chi connectivity index (χ4n) is 1.74. The number of rotatable bonds is 5. The number of hydrogen-bond donors (Lipinski definition) is 1. The quantitative estimate of drug-likeness (QED) is 0.904. The first-order chi connectivity index (χ1) is 7.60. The van der Waals surface area contributed by atoms with Gasteiger partial charge in [0.05, 0.1) is 0 Å². The van der Waals surface area contributed by atoms with E-state index in [2.05, 4.69) is 15.9 Å². The summed E-state index contributed by atoms with van der Waals surface area (Å²) in [7, 11) is 0. The number of halogens is 1. The highest BCUT2D eigenvalue weighted by Gasteiger charge is 2.22. The Morgan fingerprint density at radius 3 is 2.31 bits per heavy atom. The summed E-state index contributed by atoms with van der Waals surface area (Å²) in [6, 6.07) is 7.25. The molecule has 1 unspecified atom stereocenters. The van der Waals surface area contributed by atoms with Gasteiger partial charge in [0.1, 0.15) is 6.04 Å². The molecule has 0 spiro atoms. The van der Waals surface area contributed by atoms with Gasteiger partial charge in [-0.25, -0.2) is 4.79 Å². The normalized spacial score (nSPS) is 12.2. The highest BCUT2D eigenvalue weighted by molar-refractivity contribution is 9.10. The van der Waals surface area contributed by atoms with Crippen LogP contribution in [0.1, 0.15) is 20.3 Å². The van der Waals surface area contributed by atoms with E-state index in [9.17, 15) is 4.79 Å². The van der Waals surface area contributed by atoms with Crippen molar-refractivity contribution in [1.82, 2.24) is 0 Å². The Morgan fingerprint density at radius 1 is 1.38 bits per heavy atom. The molecule has 1 aromatic rings. The van der Waals surface area contributed by atoms with Crippen LogP contribution in [-0.4, -0.2) is 23.7 Å². The molecule has 1 rings (SSSR count). The van der Waals surface area contributed by atoms with Crippen LogP contribution in [0.25, 0.3) is 0 Å². The minimum absolute atomic E-state index is 0.453. The lowest BCUT2D eigenvalue weighted by atomic mass is 10.1. The van der Waals surface area contributed by atoms with E-state index in [-0.39, 0.29) is 0 Å². The van der Waals surface area contributed by atoms with Crippen molar-refractivity contribution in [2.45, 2.75) is 26.3 Å². The molecule has 16 heavy (non-hydrogen) atoms. The van der Waals surface area contributed by atoms with Crippen LogP contribution >= 0.6 is 15.9 Å². The molecule has 0 amide bonds. The monoisotopic (exact) mass is 285 g/mol. The second-order valence-corrected chi connectivity index (χ2v) is 4.44. The van der Waals surface area contributed by atoms with Gasteiger partial charge in [0.2, 0.25) is 0 Å². The predicted molar refractivity (Wildman–Crippen MR) is 68.9 cm³/mol. The van der Waals surface area contributed by atoms with Crippen LogP contribution in [0.3, 0.4) is 0 Å². The third-order valence-electron chi connectivity index (χ3n) is 2.55. The van der Waals surface area contributed by atoms with Gasteiger partial charge in [-0.05, 0) is 37.6 Å². The van der Waals surface area contributed by atoms with Crippen LogP contribution in [0.5, 0.6) is 0 Å². The predicted octanol–water partition coefficient (Wildman–Crippen LogP) is 3.14. The average molecular weight is 286 g/mol. The van der Waals surface area contributed by atoms with Gasteiger partial charge >= 0.3 is 5.97 Å². The Labute approximate surface area is 104 Å². The zero-order valence-electron chi connectivity index (χ0n) is 9.48. The van der Waals surface area contributed by atoms with Crippen LogP contribution in [0.2, 0.25) is 0 Å². The molecular formula is C12H16BrNO2. The van der Waals surface area contributed by atoms with E-state index < -0.39 is 12.0 Å². The van der Waals surface area contributed by atoms with Gasteiger partial charge in [0, 0.05) is 16.7 Å². The number of aliphatic carboxylic acids is 1. The number of carboxylic acid groups (broad SMARTS) is 1. The summed E-state index contributed by atoms with van der Waals surface area (Å²) in [5, 5.41) is 9.14. The molecule has 0 aliphatic heterocycles. The molecule has 1 aromatic carbocycles. The van der Waals surface area contributed by atoms with Crippen LogP contribution in [0, 0.1) is 0 Å². The summed E-state index contributed by atoms with van der Waals surface area (Å²) in [4.78, 5) is 13.0. The molecule has 3 nitrogen and oxygen atoms in total. The molecule has 0 aliphatic carbocycles. The van der Waals surface area contributed by atoms with Crippen molar-refractivity contribution in [2.24, 2.45) is 0 Å². The van der Waals surface area contributed by atoms with Crippen molar-refractivity contribution >= 4 is 27.6 Å². The standard InChI is InChI=1S/C12H16BrNO2/c1-3-11(12(15)16)14(4-2)10-7-5-9(13)6-8-10/h5-8,11H,3-4H2,1-2H3,(H,15,16). The number of carbonyl (C=O) groups is 1. The highest BCUT2D eigenvalue weighted by Crippen LogP contribution is 2.21. The summed E-state index contributed by atoms with van der Waals surface area (Å²) in [5.41, 5.74) is 0.944. The number of anilines is 1. The molecule has 0 fully saturated rings. The van der Waals surface area contributed by atoms with Crippen molar-refractivity contribution in [2.75, 3.05) is 11.4 Å². The van der Waals surface area contributed by atoms with Crippen LogP contribution in [0.15, 0.2) is 28.7 Å². The average Bonchev–Trinajstić information content (AvgIpc) is 2.26. The van der Waals surface area contributed by atoms with Gasteiger partial charge in [-0.1, -0.05) is 22.9 Å². The maximum absolute atomic E-state index is 11.1. The number of hydrogen-bond acceptors (Lipinski definition) is 2. The van der Waals surface area contributed by atoms with Crippen molar-refractivity contribution in [3.05, 3.63) is 28.7 Å². The lowest BCUT2D eigenvalue weighted by Gasteiger charge is -2.29. The summed E-state index contributed by atoms with van der Waals surface area (Å²) in [6.07, 6.45) is 0.596. The fraction of sp³-hybridized carbons (Fsp3) is 0.417. The topological polar surface area (TPSA) is 40.5 Å². The van der Waals surface area contributed by atoms with Crippen molar-refractivity contribution in [3.63, 3.8) is 0 Å². The van der Waals surface area contributed by atoms with Crippen LogP contribution in [0.4, 0.5) is 5.69 Å². The molecule has 0 aliphatic rings. The Hall–Kier alpha value is -1.03. The molecule has 1 N–H and O–H groups in total. The van der Waals surface area contributed by atoms with Crippen LogP contribution < -0.4 is 4.90 Å². The minimum atomic E-state index is -0.771. The van der Waals surface area contributed by atoms with Gasteiger partial charge in [-0.3, -0.25) is 0 Å². The molecule has 0 aromatic heterocycles. The van der Waals surface area contributed by atoms with Gasteiger partial charge in [-0.2, -0.15) is 0 Å². The fourth-order valence-corrected chi connectivity index (χ4v) is 2.01. The molecule has 0 heterocycles. The molecule has 1 atom stereocenters. The number of nitrogens with zero attached hydrogens (tertiary/aromatic N) is 1. The third-order valence-corrected chi connectivity index (χ3v) is 3.08. The number of benzene rings is 1. The summed E-state index contributed by atoms with van der Waals surface area (Å²) in [5.74, 6) is -0.771. The van der Waals surface area contributed by atoms with E-state index in [0.717, 1.165) is 10.2 Å². The molecule has 88 valence electrons. The largest absolute Gasteiger partial charge is 0.480 e. The van der Waals surface area contributed by atoms with Crippen molar-refractivity contribution in [3.8, 4) is 0 Å². The molecular weight excluding hydrogens is 270 g/mol. The van der Waals surface area contributed by atoms with E-state index in [0.29, 0.717) is 13.0 Å². The lowest BCUT2D eigenvalue weighted by Crippen LogP contribution is -2.40. The maximum Gasteiger partial charge on any atom is 0.326 e. The second kappa shape index (κ2) is 5.89. The Balaban J connectivity index is 2.96. The second-order valence-electron chi connectivity index (χ2n) is 3.52. The Morgan fingerprint density at radius 2 is 1.94 bits per heavy atom. The first-order valence-corrected chi connectivity index (χ1v) is 6.14. The van der Waals surface area contributed by atoms with E-state index in [4.69, 9.17) is 5.11 Å². The van der Waals surface area contributed by atoms with Crippen molar-refractivity contribution < 1.29 is 9.90 Å². The Bertz CT molecular complexity index is 351. The zero-order chi connectivity index (χ0) is 12.1. The number of carboxylic acids is 1. The van der Waals surface area contributed by atoms with E-state index in [1.165, 1.54) is 0 Å². The lowest BCUT2D eigenvalue weighted by molar-refractivity contribution is -0.138. The van der Waals surface area contributed by atoms with Gasteiger partial charge < -0.3 is 10.0 Å². The molecule has 0 radical (unpaired) electrons. The van der Waals surface area contributed by atoms with E-state index in [1.807, 2.05) is 43.0 Å². The van der Waals surface area contributed by atoms with Gasteiger partial charge in [-0.15, -0.1) is 0 Å². The SMILES string of the molecule is CCC(C(=O)O)N(CC)c1ccc(Br)cc1. The van der Waals surface area contributed by atoms with Gasteiger partial charge in [0.15, 0.2) is 0 Å². The first-order valence-electron chi connectivity index (χ1n) is 5.35. The first kappa shape index (κ1) is 13.0. The van der Waals surface area contributed by atoms with E-state index >= 15 is 0 Å². The summed E-state index contributed by atoms with van der Waals surface area (Å²) >= 11 is 3.36. The molecule has 0 bridgehead atoms. The van der Waals surface area contributed by atoms with Gasteiger partial charge in [0.25, 0.3) is 0 Å². The maximum atomic E-state index is 11.1. The Kier molecular flexibility index (Phi) is 4.80. The minimum Gasteiger partial charge on any atom is -0.480 e. The smallest absolute Gasteiger partial charge is 0.326 e. The van der Waals surface area contributed by atoms with Crippen LogP contribution in [-0.2, 0) is 4.79 Å². The molecule has 0 saturated carbocycles. The molecule has 0 saturated heterocycles. The summed E-state index contributed by atoms with van der Waals surface area (Å²) < 4.78 is 0.996. The zero-order valence-corrected chi connectivity index (χ0v) is 11.1. The third kappa shape index (κ3) is 2.98.